The second kappa shape index (κ2) is 10.1. The standard InChI is InChI=1S/C21H25ClFN5O/c22-17-4-6-19(7-5-17)27-10-12-28(13-11-27)21(24)26-9-8-25-20(29)15-16-2-1-3-18(23)14-16/h1-7,14H,8-13,15H2,(H2,24,26)(H,25,29). The van der Waals surface area contributed by atoms with Crippen LogP contribution in [0.4, 0.5) is 10.1 Å². The first-order valence-electron chi connectivity index (χ1n) is 9.58. The molecule has 1 saturated heterocycles. The van der Waals surface area contributed by atoms with Gasteiger partial charge in [-0.1, -0.05) is 23.7 Å². The smallest absolute Gasteiger partial charge is 0.224 e. The Morgan fingerprint density at radius 1 is 1.14 bits per heavy atom. The van der Waals surface area contributed by atoms with Gasteiger partial charge in [-0.3, -0.25) is 9.79 Å². The van der Waals surface area contributed by atoms with Crippen molar-refractivity contribution >= 4 is 29.2 Å². The first kappa shape index (κ1) is 20.9. The second-order valence-electron chi connectivity index (χ2n) is 6.85. The normalized spacial score (nSPS) is 14.8. The highest BCUT2D eigenvalue weighted by Gasteiger charge is 2.18. The molecule has 8 heteroatoms. The molecule has 0 unspecified atom stereocenters. The number of halogens is 2. The predicted octanol–water partition coefficient (Wildman–Crippen LogP) is 2.27. The Morgan fingerprint density at radius 3 is 2.55 bits per heavy atom. The van der Waals surface area contributed by atoms with Gasteiger partial charge in [0.25, 0.3) is 0 Å². The summed E-state index contributed by atoms with van der Waals surface area (Å²) < 4.78 is 13.2. The van der Waals surface area contributed by atoms with Crippen LogP contribution in [0.15, 0.2) is 53.5 Å². The maximum Gasteiger partial charge on any atom is 0.224 e. The summed E-state index contributed by atoms with van der Waals surface area (Å²) in [5.41, 5.74) is 7.88. The average molecular weight is 418 g/mol. The van der Waals surface area contributed by atoms with Gasteiger partial charge in [-0.2, -0.15) is 0 Å². The predicted molar refractivity (Wildman–Crippen MR) is 115 cm³/mol. The highest BCUT2D eigenvalue weighted by atomic mass is 35.5. The van der Waals surface area contributed by atoms with Gasteiger partial charge in [0.2, 0.25) is 5.91 Å². The van der Waals surface area contributed by atoms with Gasteiger partial charge in [0.1, 0.15) is 5.82 Å². The minimum absolute atomic E-state index is 0.142. The molecule has 0 atom stereocenters. The lowest BCUT2D eigenvalue weighted by Gasteiger charge is -2.36. The zero-order valence-corrected chi connectivity index (χ0v) is 16.9. The Morgan fingerprint density at radius 2 is 1.86 bits per heavy atom. The number of carbonyl (C=O) groups excluding carboxylic acids is 1. The maximum atomic E-state index is 13.2. The zero-order chi connectivity index (χ0) is 20.6. The third kappa shape index (κ3) is 6.35. The summed E-state index contributed by atoms with van der Waals surface area (Å²) in [5, 5.41) is 3.51. The number of benzene rings is 2. The summed E-state index contributed by atoms with van der Waals surface area (Å²) in [6.45, 7) is 4.05. The Bertz CT molecular complexity index is 850. The fraction of sp³-hybridized carbons (Fsp3) is 0.333. The van der Waals surface area contributed by atoms with Crippen LogP contribution in [0.3, 0.4) is 0 Å². The topological polar surface area (TPSA) is 74.0 Å². The second-order valence-corrected chi connectivity index (χ2v) is 7.28. The molecule has 1 aliphatic rings. The van der Waals surface area contributed by atoms with Crippen molar-refractivity contribution in [3.8, 4) is 0 Å². The van der Waals surface area contributed by atoms with Crippen molar-refractivity contribution in [1.29, 1.82) is 0 Å². The SMILES string of the molecule is NC(=NCCNC(=O)Cc1cccc(F)c1)N1CCN(c2ccc(Cl)cc2)CC1. The fourth-order valence-corrected chi connectivity index (χ4v) is 3.33. The van der Waals surface area contributed by atoms with Crippen LogP contribution in [0.5, 0.6) is 0 Å². The van der Waals surface area contributed by atoms with Crippen LogP contribution in [0, 0.1) is 5.82 Å². The summed E-state index contributed by atoms with van der Waals surface area (Å²) in [7, 11) is 0. The van der Waals surface area contributed by atoms with E-state index in [1.807, 2.05) is 29.2 Å². The molecule has 2 aromatic carbocycles. The van der Waals surface area contributed by atoms with Crippen LogP contribution in [-0.2, 0) is 11.2 Å². The molecule has 3 N–H and O–H groups in total. The van der Waals surface area contributed by atoms with E-state index in [-0.39, 0.29) is 18.1 Å². The maximum absolute atomic E-state index is 13.2. The monoisotopic (exact) mass is 417 g/mol. The molecule has 0 aliphatic carbocycles. The number of piperazine rings is 1. The molecule has 2 aromatic rings. The molecule has 0 saturated carbocycles. The average Bonchev–Trinajstić information content (AvgIpc) is 2.72. The largest absolute Gasteiger partial charge is 0.370 e. The molecule has 0 spiro atoms. The molecule has 3 rings (SSSR count). The van der Waals surface area contributed by atoms with Crippen molar-refractivity contribution in [3.05, 3.63) is 64.9 Å². The molecule has 0 aromatic heterocycles. The van der Waals surface area contributed by atoms with Gasteiger partial charge in [-0.25, -0.2) is 4.39 Å². The number of hydrogen-bond acceptors (Lipinski definition) is 3. The lowest BCUT2D eigenvalue weighted by molar-refractivity contribution is -0.120. The minimum atomic E-state index is -0.344. The number of anilines is 1. The summed E-state index contributed by atoms with van der Waals surface area (Å²) in [6, 6.07) is 13.8. The van der Waals surface area contributed by atoms with Crippen molar-refractivity contribution in [2.45, 2.75) is 6.42 Å². The molecule has 29 heavy (non-hydrogen) atoms. The lowest BCUT2D eigenvalue weighted by Crippen LogP contribution is -2.51. The van der Waals surface area contributed by atoms with Crippen LogP contribution in [0.2, 0.25) is 5.02 Å². The number of nitrogens with one attached hydrogen (secondary N) is 1. The van der Waals surface area contributed by atoms with Crippen LogP contribution in [-0.4, -0.2) is 56.0 Å². The molecule has 0 bridgehead atoms. The van der Waals surface area contributed by atoms with E-state index in [1.165, 1.54) is 12.1 Å². The minimum Gasteiger partial charge on any atom is -0.370 e. The number of amides is 1. The summed E-state index contributed by atoms with van der Waals surface area (Å²) >= 11 is 5.94. The van der Waals surface area contributed by atoms with Crippen molar-refractivity contribution in [2.75, 3.05) is 44.2 Å². The van der Waals surface area contributed by atoms with Crippen LogP contribution >= 0.6 is 11.6 Å². The number of guanidine groups is 1. The number of carbonyl (C=O) groups is 1. The molecule has 0 radical (unpaired) electrons. The number of rotatable bonds is 6. The first-order valence-corrected chi connectivity index (χ1v) is 9.95. The number of aliphatic imine (C=N–C) groups is 1. The molecular weight excluding hydrogens is 393 g/mol. The van der Waals surface area contributed by atoms with E-state index in [0.29, 0.717) is 24.6 Å². The molecule has 154 valence electrons. The van der Waals surface area contributed by atoms with Crippen molar-refractivity contribution in [3.63, 3.8) is 0 Å². The fourth-order valence-electron chi connectivity index (χ4n) is 3.21. The van der Waals surface area contributed by atoms with Gasteiger partial charge < -0.3 is 20.9 Å². The van der Waals surface area contributed by atoms with E-state index in [0.717, 1.165) is 36.9 Å². The van der Waals surface area contributed by atoms with Crippen molar-refractivity contribution < 1.29 is 9.18 Å². The third-order valence-electron chi connectivity index (χ3n) is 4.76. The molecular formula is C21H25ClFN5O. The van der Waals surface area contributed by atoms with Crippen molar-refractivity contribution in [1.82, 2.24) is 10.2 Å². The van der Waals surface area contributed by atoms with Gasteiger partial charge in [0.15, 0.2) is 5.96 Å². The lowest BCUT2D eigenvalue weighted by atomic mass is 10.1. The van der Waals surface area contributed by atoms with Gasteiger partial charge >= 0.3 is 0 Å². The van der Waals surface area contributed by atoms with Crippen LogP contribution in [0.1, 0.15) is 5.56 Å². The Labute approximate surface area is 175 Å². The Kier molecular flexibility index (Phi) is 7.30. The zero-order valence-electron chi connectivity index (χ0n) is 16.2. The number of hydrogen-bond donors (Lipinski definition) is 2. The van der Waals surface area contributed by atoms with E-state index in [2.05, 4.69) is 15.2 Å². The summed E-state index contributed by atoms with van der Waals surface area (Å²) in [4.78, 5) is 20.6. The van der Waals surface area contributed by atoms with Gasteiger partial charge in [-0.05, 0) is 42.0 Å². The van der Waals surface area contributed by atoms with Gasteiger partial charge in [0.05, 0.1) is 13.0 Å². The Balaban J connectivity index is 1.38. The molecule has 1 heterocycles. The highest BCUT2D eigenvalue weighted by molar-refractivity contribution is 6.30. The van der Waals surface area contributed by atoms with E-state index in [4.69, 9.17) is 17.3 Å². The van der Waals surface area contributed by atoms with Crippen molar-refractivity contribution in [2.24, 2.45) is 10.7 Å². The first-order chi connectivity index (χ1) is 14.0. The Hall–Kier alpha value is -2.80. The van der Waals surface area contributed by atoms with Crippen LogP contribution < -0.4 is 16.0 Å². The van der Waals surface area contributed by atoms with E-state index >= 15 is 0 Å². The van der Waals surface area contributed by atoms with E-state index in [9.17, 15) is 9.18 Å². The number of nitrogens with zero attached hydrogens (tertiary/aromatic N) is 3. The number of nitrogens with two attached hydrogens (primary N) is 1. The van der Waals surface area contributed by atoms with E-state index in [1.54, 1.807) is 12.1 Å². The quantitative estimate of drug-likeness (QED) is 0.429. The molecule has 1 fully saturated rings. The molecule has 6 nitrogen and oxygen atoms in total. The van der Waals surface area contributed by atoms with Crippen LogP contribution in [0.25, 0.3) is 0 Å². The molecule has 1 aliphatic heterocycles. The highest BCUT2D eigenvalue weighted by Crippen LogP contribution is 2.19. The van der Waals surface area contributed by atoms with Gasteiger partial charge in [-0.15, -0.1) is 0 Å². The van der Waals surface area contributed by atoms with E-state index < -0.39 is 0 Å². The molecule has 1 amide bonds. The summed E-state index contributed by atoms with van der Waals surface area (Å²) in [5.74, 6) is -0.0232. The third-order valence-corrected chi connectivity index (χ3v) is 5.01. The summed E-state index contributed by atoms with van der Waals surface area (Å²) in [6.07, 6.45) is 0.142. The van der Waals surface area contributed by atoms with Gasteiger partial charge in [0, 0.05) is 43.4 Å².